The quantitative estimate of drug-likeness (QED) is 0.858. The van der Waals surface area contributed by atoms with Crippen molar-refractivity contribution in [2.45, 2.75) is 25.9 Å². The van der Waals surface area contributed by atoms with Gasteiger partial charge in [0.1, 0.15) is 0 Å². The Hall–Kier alpha value is -1.50. The van der Waals surface area contributed by atoms with E-state index in [0.29, 0.717) is 6.04 Å². The van der Waals surface area contributed by atoms with Crippen LogP contribution in [-0.4, -0.2) is 56.2 Å². The number of rotatable bonds is 4. The lowest BCUT2D eigenvalue weighted by atomic mass is 10.1. The highest BCUT2D eigenvalue weighted by Crippen LogP contribution is 2.25. The summed E-state index contributed by atoms with van der Waals surface area (Å²) in [5, 5.41) is 12.6. The van der Waals surface area contributed by atoms with Crippen molar-refractivity contribution < 1.29 is 0 Å². The maximum Gasteiger partial charge on any atom is 0.167 e. The molecular formula is C16H23ClN6. The number of aromatic nitrogens is 4. The van der Waals surface area contributed by atoms with E-state index in [-0.39, 0.29) is 6.04 Å². The van der Waals surface area contributed by atoms with Crippen molar-refractivity contribution in [3.05, 3.63) is 40.7 Å². The van der Waals surface area contributed by atoms with Crippen LogP contribution in [0.2, 0.25) is 5.02 Å². The first-order valence-electron chi connectivity index (χ1n) is 8.02. The zero-order valence-corrected chi connectivity index (χ0v) is 14.6. The van der Waals surface area contributed by atoms with Gasteiger partial charge in [0.25, 0.3) is 0 Å². The van der Waals surface area contributed by atoms with Crippen molar-refractivity contribution in [3.63, 3.8) is 0 Å². The number of piperazine rings is 1. The second kappa shape index (κ2) is 6.95. The third-order valence-electron chi connectivity index (χ3n) is 4.82. The molecule has 3 rings (SSSR count). The van der Waals surface area contributed by atoms with Crippen LogP contribution in [0, 0.1) is 0 Å². The minimum Gasteiger partial charge on any atom is -0.294 e. The second-order valence-corrected chi connectivity index (χ2v) is 6.57. The van der Waals surface area contributed by atoms with E-state index in [1.165, 1.54) is 5.56 Å². The number of aryl methyl sites for hydroxylation is 1. The Morgan fingerprint density at radius 3 is 2.04 bits per heavy atom. The Morgan fingerprint density at radius 2 is 1.52 bits per heavy atom. The molecule has 0 spiro atoms. The van der Waals surface area contributed by atoms with E-state index in [4.69, 9.17) is 11.6 Å². The van der Waals surface area contributed by atoms with Crippen molar-refractivity contribution in [3.8, 4) is 0 Å². The standard InChI is InChI=1S/C16H23ClN6/c1-12(14-4-6-15(17)7-5-14)22-8-10-23(11-9-22)13(2)16-18-19-20-21(16)3/h4-7,12-13H,8-11H2,1-3H3/t12-,13+/m0/s1. The summed E-state index contributed by atoms with van der Waals surface area (Å²) in [6.45, 7) is 8.55. The van der Waals surface area contributed by atoms with Gasteiger partial charge in [-0.05, 0) is 42.0 Å². The largest absolute Gasteiger partial charge is 0.294 e. The summed E-state index contributed by atoms with van der Waals surface area (Å²) in [5.41, 5.74) is 1.31. The van der Waals surface area contributed by atoms with Crippen molar-refractivity contribution >= 4 is 11.6 Å². The van der Waals surface area contributed by atoms with E-state index in [0.717, 1.165) is 37.0 Å². The number of halogens is 1. The third-order valence-corrected chi connectivity index (χ3v) is 5.08. The van der Waals surface area contributed by atoms with Crippen LogP contribution in [0.3, 0.4) is 0 Å². The topological polar surface area (TPSA) is 50.1 Å². The highest BCUT2D eigenvalue weighted by Gasteiger charge is 2.27. The molecule has 1 aliphatic heterocycles. The van der Waals surface area contributed by atoms with Gasteiger partial charge in [-0.1, -0.05) is 23.7 Å². The first-order valence-corrected chi connectivity index (χ1v) is 8.40. The Kier molecular flexibility index (Phi) is 4.94. The van der Waals surface area contributed by atoms with Crippen molar-refractivity contribution in [2.24, 2.45) is 7.05 Å². The molecule has 1 saturated heterocycles. The SMILES string of the molecule is C[C@H](c1nnnn1C)N1CCN([C@@H](C)c2ccc(Cl)cc2)CC1. The summed E-state index contributed by atoms with van der Waals surface area (Å²) in [6.07, 6.45) is 0. The first kappa shape index (κ1) is 16.4. The number of benzene rings is 1. The molecule has 2 heterocycles. The fourth-order valence-electron chi connectivity index (χ4n) is 3.22. The minimum atomic E-state index is 0.239. The molecule has 0 N–H and O–H groups in total. The molecule has 0 aliphatic carbocycles. The van der Waals surface area contributed by atoms with Crippen LogP contribution in [0.1, 0.15) is 37.3 Å². The summed E-state index contributed by atoms with van der Waals surface area (Å²) in [6, 6.07) is 8.81. The fraction of sp³-hybridized carbons (Fsp3) is 0.562. The smallest absolute Gasteiger partial charge is 0.167 e. The summed E-state index contributed by atoms with van der Waals surface area (Å²) in [7, 11) is 1.89. The van der Waals surface area contributed by atoms with Crippen LogP contribution in [0.5, 0.6) is 0 Å². The van der Waals surface area contributed by atoms with Crippen molar-refractivity contribution in [1.29, 1.82) is 0 Å². The molecule has 2 atom stereocenters. The highest BCUT2D eigenvalue weighted by atomic mass is 35.5. The molecule has 0 bridgehead atoms. The third kappa shape index (κ3) is 3.54. The van der Waals surface area contributed by atoms with Crippen molar-refractivity contribution in [1.82, 2.24) is 30.0 Å². The van der Waals surface area contributed by atoms with E-state index in [2.05, 4.69) is 51.3 Å². The normalized spacial score (nSPS) is 19.7. The lowest BCUT2D eigenvalue weighted by molar-refractivity contribution is 0.0746. The van der Waals surface area contributed by atoms with Gasteiger partial charge in [0.05, 0.1) is 6.04 Å². The Balaban J connectivity index is 1.60. The van der Waals surface area contributed by atoms with Gasteiger partial charge in [0.2, 0.25) is 0 Å². The molecule has 124 valence electrons. The predicted molar refractivity (Wildman–Crippen MR) is 90.2 cm³/mol. The van der Waals surface area contributed by atoms with Gasteiger partial charge in [-0.25, -0.2) is 4.68 Å². The Bertz CT molecular complexity index is 632. The van der Waals surface area contributed by atoms with Crippen LogP contribution in [0.15, 0.2) is 24.3 Å². The van der Waals surface area contributed by atoms with Crippen molar-refractivity contribution in [2.75, 3.05) is 26.2 Å². The Labute approximate surface area is 142 Å². The summed E-state index contributed by atoms with van der Waals surface area (Å²) in [5.74, 6) is 0.921. The molecule has 1 aliphatic rings. The molecule has 0 saturated carbocycles. The van der Waals surface area contributed by atoms with Gasteiger partial charge in [-0.15, -0.1) is 5.10 Å². The zero-order valence-electron chi connectivity index (χ0n) is 13.9. The lowest BCUT2D eigenvalue weighted by Gasteiger charge is -2.40. The number of tetrazole rings is 1. The molecule has 1 fully saturated rings. The molecule has 1 aromatic heterocycles. The zero-order chi connectivity index (χ0) is 16.4. The fourth-order valence-corrected chi connectivity index (χ4v) is 3.34. The van der Waals surface area contributed by atoms with E-state index in [9.17, 15) is 0 Å². The van der Waals surface area contributed by atoms with E-state index >= 15 is 0 Å². The average Bonchev–Trinajstić information content (AvgIpc) is 3.00. The van der Waals surface area contributed by atoms with Gasteiger partial charge in [0, 0.05) is 44.3 Å². The number of hydrogen-bond donors (Lipinski definition) is 0. The van der Waals surface area contributed by atoms with Crippen LogP contribution in [0.25, 0.3) is 0 Å². The average molecular weight is 335 g/mol. The van der Waals surface area contributed by atoms with Crippen LogP contribution < -0.4 is 0 Å². The molecule has 0 unspecified atom stereocenters. The van der Waals surface area contributed by atoms with Gasteiger partial charge < -0.3 is 0 Å². The minimum absolute atomic E-state index is 0.239. The summed E-state index contributed by atoms with van der Waals surface area (Å²) in [4.78, 5) is 4.96. The van der Waals surface area contributed by atoms with E-state index in [1.807, 2.05) is 19.2 Å². The molecular weight excluding hydrogens is 312 g/mol. The molecule has 23 heavy (non-hydrogen) atoms. The molecule has 7 heteroatoms. The number of nitrogens with zero attached hydrogens (tertiary/aromatic N) is 6. The van der Waals surface area contributed by atoms with Gasteiger partial charge in [-0.2, -0.15) is 0 Å². The van der Waals surface area contributed by atoms with Crippen LogP contribution >= 0.6 is 11.6 Å². The predicted octanol–water partition coefficient (Wildman–Crippen LogP) is 2.30. The monoisotopic (exact) mass is 334 g/mol. The lowest BCUT2D eigenvalue weighted by Crippen LogP contribution is -2.48. The van der Waals surface area contributed by atoms with Gasteiger partial charge in [-0.3, -0.25) is 9.80 Å². The molecule has 2 aromatic rings. The van der Waals surface area contributed by atoms with Gasteiger partial charge >= 0.3 is 0 Å². The molecule has 0 amide bonds. The highest BCUT2D eigenvalue weighted by molar-refractivity contribution is 6.30. The van der Waals surface area contributed by atoms with Crippen LogP contribution in [0.4, 0.5) is 0 Å². The summed E-state index contributed by atoms with van der Waals surface area (Å²) >= 11 is 5.98. The Morgan fingerprint density at radius 1 is 0.957 bits per heavy atom. The molecule has 1 aromatic carbocycles. The summed E-state index contributed by atoms with van der Waals surface area (Å²) < 4.78 is 1.76. The molecule has 0 radical (unpaired) electrons. The van der Waals surface area contributed by atoms with Crippen LogP contribution in [-0.2, 0) is 7.05 Å². The van der Waals surface area contributed by atoms with E-state index in [1.54, 1.807) is 4.68 Å². The number of hydrogen-bond acceptors (Lipinski definition) is 5. The first-order chi connectivity index (χ1) is 11.1. The maximum atomic E-state index is 5.98. The second-order valence-electron chi connectivity index (χ2n) is 6.14. The van der Waals surface area contributed by atoms with E-state index < -0.39 is 0 Å². The van der Waals surface area contributed by atoms with Gasteiger partial charge in [0.15, 0.2) is 5.82 Å². The maximum absolute atomic E-state index is 5.98. The molecule has 6 nitrogen and oxygen atoms in total.